The van der Waals surface area contributed by atoms with E-state index in [4.69, 9.17) is 23.4 Å². The second kappa shape index (κ2) is 9.91. The lowest BCUT2D eigenvalue weighted by Gasteiger charge is -2.39. The number of carbonyl (C=O) groups is 3. The van der Waals surface area contributed by atoms with Crippen LogP contribution in [-0.2, 0) is 28.6 Å². The van der Waals surface area contributed by atoms with Gasteiger partial charge in [-0.05, 0) is 31.2 Å². The zero-order valence-corrected chi connectivity index (χ0v) is 18.5. The zero-order valence-electron chi connectivity index (χ0n) is 17.7. The molecule has 31 heavy (non-hydrogen) atoms. The molecule has 1 aliphatic heterocycles. The maximum absolute atomic E-state index is 11.8. The molecular formula is C22H24O8S. The van der Waals surface area contributed by atoms with E-state index in [1.54, 1.807) is 6.07 Å². The molecule has 1 aliphatic rings. The molecule has 1 fully saturated rings. The van der Waals surface area contributed by atoms with Crippen molar-refractivity contribution in [3.63, 3.8) is 0 Å². The van der Waals surface area contributed by atoms with Crippen LogP contribution in [0.15, 0.2) is 40.8 Å². The van der Waals surface area contributed by atoms with E-state index in [1.807, 2.05) is 37.3 Å². The van der Waals surface area contributed by atoms with Crippen molar-refractivity contribution in [2.45, 2.75) is 51.4 Å². The number of esters is 3. The van der Waals surface area contributed by atoms with Gasteiger partial charge >= 0.3 is 17.9 Å². The van der Waals surface area contributed by atoms with E-state index in [2.05, 4.69) is 0 Å². The second-order valence-corrected chi connectivity index (χ2v) is 8.18. The highest BCUT2D eigenvalue weighted by molar-refractivity contribution is 7.99. The maximum Gasteiger partial charge on any atom is 0.303 e. The first-order chi connectivity index (χ1) is 14.7. The van der Waals surface area contributed by atoms with Gasteiger partial charge in [0.05, 0.1) is 0 Å². The standard InChI is InChI=1S/C22H24O8S/c1-12-8-9-18(26-12)16-6-5-7-17(10-16)30-22-21(29-15(4)25)20(28-14(3)24)19(11-31-22)27-13(2)23/h5-10,19-22H,11H2,1-4H3/t19-,20+,21-,22-/m1/s1. The molecule has 0 spiro atoms. The largest absolute Gasteiger partial charge is 0.476 e. The predicted octanol–water partition coefficient (Wildman–Crippen LogP) is 3.50. The molecule has 0 aliphatic carbocycles. The number of furan rings is 1. The molecule has 0 radical (unpaired) electrons. The van der Waals surface area contributed by atoms with Crippen molar-refractivity contribution in [1.29, 1.82) is 0 Å². The number of hydrogen-bond acceptors (Lipinski definition) is 9. The smallest absolute Gasteiger partial charge is 0.303 e. The molecule has 2 heterocycles. The Morgan fingerprint density at radius 2 is 1.61 bits per heavy atom. The number of carbonyl (C=O) groups excluding carboxylic acids is 3. The van der Waals surface area contributed by atoms with Crippen molar-refractivity contribution in [1.82, 2.24) is 0 Å². The van der Waals surface area contributed by atoms with Gasteiger partial charge < -0.3 is 23.4 Å². The van der Waals surface area contributed by atoms with Crippen LogP contribution in [0.25, 0.3) is 11.3 Å². The molecule has 1 aromatic carbocycles. The average molecular weight is 448 g/mol. The molecular weight excluding hydrogens is 424 g/mol. The predicted molar refractivity (Wildman–Crippen MR) is 112 cm³/mol. The van der Waals surface area contributed by atoms with E-state index in [0.29, 0.717) is 17.3 Å². The third kappa shape index (κ3) is 6.04. The fourth-order valence-corrected chi connectivity index (χ4v) is 4.47. The first-order valence-corrected chi connectivity index (χ1v) is 10.7. The quantitative estimate of drug-likeness (QED) is 0.485. The Bertz CT molecular complexity index is 952. The molecule has 0 amide bonds. The minimum absolute atomic E-state index is 0.303. The van der Waals surface area contributed by atoms with Gasteiger partial charge in [-0.3, -0.25) is 14.4 Å². The molecule has 8 nitrogen and oxygen atoms in total. The number of benzene rings is 1. The summed E-state index contributed by atoms with van der Waals surface area (Å²) in [7, 11) is 0. The van der Waals surface area contributed by atoms with E-state index in [-0.39, 0.29) is 0 Å². The van der Waals surface area contributed by atoms with Gasteiger partial charge in [-0.25, -0.2) is 0 Å². The number of hydrogen-bond donors (Lipinski definition) is 0. The highest BCUT2D eigenvalue weighted by Gasteiger charge is 2.47. The number of ether oxygens (including phenoxy) is 4. The number of rotatable bonds is 6. The lowest BCUT2D eigenvalue weighted by Crippen LogP contribution is -2.55. The highest BCUT2D eigenvalue weighted by atomic mass is 32.2. The summed E-state index contributed by atoms with van der Waals surface area (Å²) in [6.07, 6.45) is -2.74. The lowest BCUT2D eigenvalue weighted by molar-refractivity contribution is -0.186. The summed E-state index contributed by atoms with van der Waals surface area (Å²) >= 11 is 1.30. The third-order valence-electron chi connectivity index (χ3n) is 4.42. The molecule has 0 bridgehead atoms. The Morgan fingerprint density at radius 1 is 0.935 bits per heavy atom. The van der Waals surface area contributed by atoms with Gasteiger partial charge in [-0.15, -0.1) is 11.8 Å². The molecule has 1 aromatic heterocycles. The van der Waals surface area contributed by atoms with Gasteiger partial charge in [0.25, 0.3) is 0 Å². The monoisotopic (exact) mass is 448 g/mol. The van der Waals surface area contributed by atoms with E-state index in [9.17, 15) is 14.4 Å². The molecule has 9 heteroatoms. The van der Waals surface area contributed by atoms with Gasteiger partial charge in [0, 0.05) is 32.1 Å². The van der Waals surface area contributed by atoms with Crippen LogP contribution < -0.4 is 4.74 Å². The first kappa shape index (κ1) is 22.7. The molecule has 1 saturated heterocycles. The third-order valence-corrected chi connectivity index (χ3v) is 5.63. The van der Waals surface area contributed by atoms with Crippen molar-refractivity contribution < 1.29 is 37.7 Å². The van der Waals surface area contributed by atoms with Crippen molar-refractivity contribution in [2.24, 2.45) is 0 Å². The normalized spacial score (nSPS) is 23.0. The summed E-state index contributed by atoms with van der Waals surface area (Å²) in [5.41, 5.74) is 0.137. The fourth-order valence-electron chi connectivity index (χ4n) is 3.26. The summed E-state index contributed by atoms with van der Waals surface area (Å²) in [5, 5.41) is 0. The molecule has 0 N–H and O–H groups in total. The van der Waals surface area contributed by atoms with E-state index < -0.39 is 41.7 Å². The SMILES string of the molecule is CC(=O)O[C@@H]1[C@@H](OC(C)=O)[C@H](OC(C)=O)CS[C@H]1Oc1cccc(-c2ccc(C)o2)c1. The molecule has 3 rings (SSSR count). The van der Waals surface area contributed by atoms with Crippen LogP contribution in [0.4, 0.5) is 0 Å². The number of aryl methyl sites for hydroxylation is 1. The van der Waals surface area contributed by atoms with Gasteiger partial charge in [-0.1, -0.05) is 12.1 Å². The van der Waals surface area contributed by atoms with Gasteiger partial charge in [0.15, 0.2) is 23.7 Å². The van der Waals surface area contributed by atoms with Crippen LogP contribution in [-0.4, -0.2) is 47.4 Å². The zero-order chi connectivity index (χ0) is 22.5. The van der Waals surface area contributed by atoms with Gasteiger partial charge in [0.1, 0.15) is 17.3 Å². The molecule has 2 aromatic rings. The van der Waals surface area contributed by atoms with E-state index in [0.717, 1.165) is 11.3 Å². The van der Waals surface area contributed by atoms with Crippen LogP contribution in [0.1, 0.15) is 26.5 Å². The minimum atomic E-state index is -0.993. The first-order valence-electron chi connectivity index (χ1n) is 9.69. The fraction of sp³-hybridized carbons (Fsp3) is 0.409. The Balaban J connectivity index is 1.85. The molecule has 0 saturated carbocycles. The Morgan fingerprint density at radius 3 is 2.23 bits per heavy atom. The lowest BCUT2D eigenvalue weighted by atomic mass is 10.1. The van der Waals surface area contributed by atoms with Crippen molar-refractivity contribution in [2.75, 3.05) is 5.75 Å². The molecule has 0 unspecified atom stereocenters. The van der Waals surface area contributed by atoms with Crippen molar-refractivity contribution in [3.05, 3.63) is 42.2 Å². The Hall–Kier alpha value is -2.94. The molecule has 166 valence electrons. The van der Waals surface area contributed by atoms with Crippen LogP contribution in [0.2, 0.25) is 0 Å². The van der Waals surface area contributed by atoms with Crippen LogP contribution in [0.5, 0.6) is 5.75 Å². The van der Waals surface area contributed by atoms with Gasteiger partial charge in [-0.2, -0.15) is 0 Å². The summed E-state index contributed by atoms with van der Waals surface area (Å²) in [6, 6.07) is 11.0. The summed E-state index contributed by atoms with van der Waals surface area (Å²) in [6.45, 7) is 5.62. The Labute approximate surface area is 184 Å². The van der Waals surface area contributed by atoms with Crippen molar-refractivity contribution in [3.8, 4) is 17.1 Å². The average Bonchev–Trinajstić information content (AvgIpc) is 3.12. The van der Waals surface area contributed by atoms with Crippen LogP contribution >= 0.6 is 11.8 Å². The highest BCUT2D eigenvalue weighted by Crippen LogP contribution is 2.35. The maximum atomic E-state index is 11.8. The van der Waals surface area contributed by atoms with Crippen molar-refractivity contribution >= 4 is 29.7 Å². The summed E-state index contributed by atoms with van der Waals surface area (Å²) < 4.78 is 27.9. The summed E-state index contributed by atoms with van der Waals surface area (Å²) in [5.74, 6) is 0.638. The van der Waals surface area contributed by atoms with Gasteiger partial charge in [0.2, 0.25) is 0 Å². The second-order valence-electron chi connectivity index (χ2n) is 7.05. The Kier molecular flexibility index (Phi) is 7.27. The van der Waals surface area contributed by atoms with Crippen LogP contribution in [0, 0.1) is 6.92 Å². The summed E-state index contributed by atoms with van der Waals surface area (Å²) in [4.78, 5) is 34.9. The van der Waals surface area contributed by atoms with E-state index in [1.165, 1.54) is 32.5 Å². The van der Waals surface area contributed by atoms with E-state index >= 15 is 0 Å². The minimum Gasteiger partial charge on any atom is -0.476 e. The van der Waals surface area contributed by atoms with Crippen LogP contribution in [0.3, 0.4) is 0 Å². The topological polar surface area (TPSA) is 101 Å². The number of thioether (sulfide) groups is 1. The molecule has 4 atom stereocenters.